The molecule has 0 amide bonds. The first kappa shape index (κ1) is 14.2. The monoisotopic (exact) mass is 308 g/mol. The highest BCUT2D eigenvalue weighted by Gasteiger charge is 2.33. The number of rotatable bonds is 3. The van der Waals surface area contributed by atoms with E-state index in [0.29, 0.717) is 9.90 Å². The van der Waals surface area contributed by atoms with Crippen LogP contribution in [-0.4, -0.2) is 11.5 Å². The summed E-state index contributed by atoms with van der Waals surface area (Å²) in [6, 6.07) is 6.96. The Hall–Kier alpha value is -1.24. The number of alkyl halides is 3. The van der Waals surface area contributed by atoms with Crippen molar-refractivity contribution in [2.24, 2.45) is 0 Å². The van der Waals surface area contributed by atoms with Crippen LogP contribution in [0.4, 0.5) is 13.2 Å². The summed E-state index contributed by atoms with van der Waals surface area (Å²) in [6.07, 6.45) is -6.01. The third-order valence-electron chi connectivity index (χ3n) is 2.30. The smallest absolute Gasteiger partial charge is 0.405 e. The van der Waals surface area contributed by atoms with Crippen LogP contribution in [0.15, 0.2) is 35.7 Å². The van der Waals surface area contributed by atoms with E-state index in [0.717, 1.165) is 17.4 Å². The fraction of sp³-hybridized carbons (Fsp3) is 0.167. The number of aliphatic hydroxyl groups is 1. The topological polar surface area (TPSA) is 29.5 Å². The minimum atomic E-state index is -4.80. The zero-order valence-corrected chi connectivity index (χ0v) is 10.9. The lowest BCUT2D eigenvalue weighted by Crippen LogP contribution is -2.18. The third-order valence-corrected chi connectivity index (χ3v) is 3.63. The number of benzene rings is 1. The van der Waals surface area contributed by atoms with Crippen LogP contribution in [-0.2, 0) is 0 Å². The van der Waals surface area contributed by atoms with Crippen molar-refractivity contribution in [1.82, 2.24) is 0 Å². The Morgan fingerprint density at radius 2 is 1.95 bits per heavy atom. The minimum absolute atomic E-state index is 0.0401. The van der Waals surface area contributed by atoms with Crippen molar-refractivity contribution in [3.63, 3.8) is 0 Å². The molecule has 0 aliphatic heterocycles. The summed E-state index contributed by atoms with van der Waals surface area (Å²) < 4.78 is 40.7. The Labute approximate surface area is 116 Å². The SMILES string of the molecule is OC(c1cc(Cl)cs1)c1ccccc1OC(F)(F)F. The molecule has 0 radical (unpaired) electrons. The van der Waals surface area contributed by atoms with Crippen molar-refractivity contribution >= 4 is 22.9 Å². The van der Waals surface area contributed by atoms with Crippen molar-refractivity contribution in [2.75, 3.05) is 0 Å². The largest absolute Gasteiger partial charge is 0.573 e. The summed E-state index contributed by atoms with van der Waals surface area (Å²) in [6.45, 7) is 0. The molecule has 2 rings (SSSR count). The molecule has 102 valence electrons. The summed E-state index contributed by atoms with van der Waals surface area (Å²) in [5.41, 5.74) is 0.0401. The summed E-state index contributed by atoms with van der Waals surface area (Å²) in [7, 11) is 0. The second kappa shape index (κ2) is 5.40. The van der Waals surface area contributed by atoms with E-state index >= 15 is 0 Å². The summed E-state index contributed by atoms with van der Waals surface area (Å²) in [4.78, 5) is 0.447. The van der Waals surface area contributed by atoms with Gasteiger partial charge in [-0.2, -0.15) is 0 Å². The van der Waals surface area contributed by atoms with E-state index in [2.05, 4.69) is 4.74 Å². The average molecular weight is 309 g/mol. The molecule has 0 fully saturated rings. The Morgan fingerprint density at radius 3 is 2.53 bits per heavy atom. The van der Waals surface area contributed by atoms with Crippen LogP contribution in [0.1, 0.15) is 16.5 Å². The number of hydrogen-bond donors (Lipinski definition) is 1. The molecule has 0 saturated heterocycles. The van der Waals surface area contributed by atoms with Gasteiger partial charge in [0.1, 0.15) is 11.9 Å². The first-order chi connectivity index (χ1) is 8.87. The van der Waals surface area contributed by atoms with Crippen LogP contribution in [0.5, 0.6) is 5.75 Å². The number of hydrogen-bond acceptors (Lipinski definition) is 3. The normalized spacial score (nSPS) is 13.3. The first-order valence-electron chi connectivity index (χ1n) is 5.13. The van der Waals surface area contributed by atoms with Crippen LogP contribution in [0.3, 0.4) is 0 Å². The quantitative estimate of drug-likeness (QED) is 0.911. The highest BCUT2D eigenvalue weighted by Crippen LogP contribution is 2.36. The lowest BCUT2D eigenvalue weighted by molar-refractivity contribution is -0.275. The molecule has 0 bridgehead atoms. The van der Waals surface area contributed by atoms with E-state index in [1.54, 1.807) is 5.38 Å². The van der Waals surface area contributed by atoms with Crippen molar-refractivity contribution in [1.29, 1.82) is 0 Å². The molecule has 1 aromatic carbocycles. The van der Waals surface area contributed by atoms with Crippen molar-refractivity contribution in [3.05, 3.63) is 51.2 Å². The highest BCUT2D eigenvalue weighted by atomic mass is 35.5. The van der Waals surface area contributed by atoms with Gasteiger partial charge in [0.2, 0.25) is 0 Å². The molecule has 1 N–H and O–H groups in total. The summed E-state index contributed by atoms with van der Waals surface area (Å²) >= 11 is 6.89. The van der Waals surface area contributed by atoms with Crippen molar-refractivity contribution in [2.45, 2.75) is 12.5 Å². The Morgan fingerprint density at radius 1 is 1.26 bits per heavy atom. The van der Waals surface area contributed by atoms with Gasteiger partial charge in [-0.05, 0) is 12.1 Å². The molecule has 19 heavy (non-hydrogen) atoms. The number of ether oxygens (including phenoxy) is 1. The van der Waals surface area contributed by atoms with Gasteiger partial charge in [0.15, 0.2) is 0 Å². The van der Waals surface area contributed by atoms with Gasteiger partial charge >= 0.3 is 6.36 Å². The molecule has 1 heterocycles. The van der Waals surface area contributed by atoms with E-state index in [-0.39, 0.29) is 5.56 Å². The van der Waals surface area contributed by atoms with E-state index < -0.39 is 18.2 Å². The molecule has 1 unspecified atom stereocenters. The zero-order valence-electron chi connectivity index (χ0n) is 9.32. The molecule has 0 saturated carbocycles. The van der Waals surface area contributed by atoms with Gasteiger partial charge in [0.25, 0.3) is 0 Å². The lowest BCUT2D eigenvalue weighted by atomic mass is 10.1. The fourth-order valence-corrected chi connectivity index (χ4v) is 2.63. The van der Waals surface area contributed by atoms with Gasteiger partial charge in [0.05, 0.1) is 5.02 Å². The molecule has 2 aromatic rings. The highest BCUT2D eigenvalue weighted by molar-refractivity contribution is 7.10. The average Bonchev–Trinajstić information content (AvgIpc) is 2.74. The molecule has 0 spiro atoms. The van der Waals surface area contributed by atoms with Gasteiger partial charge in [-0.15, -0.1) is 24.5 Å². The second-order valence-corrected chi connectivity index (χ2v) is 5.03. The standard InChI is InChI=1S/C12H8ClF3O2S/c13-7-5-10(19-6-7)11(17)8-3-1-2-4-9(8)18-12(14,15)16/h1-6,11,17H. The van der Waals surface area contributed by atoms with Crippen LogP contribution >= 0.6 is 22.9 Å². The number of aliphatic hydroxyl groups excluding tert-OH is 1. The van der Waals surface area contributed by atoms with Crippen molar-refractivity contribution in [3.8, 4) is 5.75 Å². The number of para-hydroxylation sites is 1. The van der Waals surface area contributed by atoms with Crippen LogP contribution in [0.2, 0.25) is 5.02 Å². The molecule has 0 aliphatic carbocycles. The molecule has 7 heteroatoms. The van der Waals surface area contributed by atoms with Gasteiger partial charge in [-0.1, -0.05) is 29.8 Å². The van der Waals surface area contributed by atoms with Crippen LogP contribution in [0.25, 0.3) is 0 Å². The maximum absolute atomic E-state index is 12.3. The van der Waals surface area contributed by atoms with Gasteiger partial charge in [-0.25, -0.2) is 0 Å². The predicted molar refractivity (Wildman–Crippen MR) is 66.5 cm³/mol. The van der Waals surface area contributed by atoms with E-state index in [4.69, 9.17) is 11.6 Å². The first-order valence-corrected chi connectivity index (χ1v) is 6.39. The van der Waals surface area contributed by atoms with E-state index in [9.17, 15) is 18.3 Å². The molecular weight excluding hydrogens is 301 g/mol. The Balaban J connectivity index is 2.34. The van der Waals surface area contributed by atoms with E-state index in [1.807, 2.05) is 0 Å². The minimum Gasteiger partial charge on any atom is -0.405 e. The van der Waals surface area contributed by atoms with E-state index in [1.165, 1.54) is 24.3 Å². The van der Waals surface area contributed by atoms with Crippen LogP contribution in [0, 0.1) is 0 Å². The summed E-state index contributed by atoms with van der Waals surface area (Å²) in [5, 5.41) is 12.1. The third kappa shape index (κ3) is 3.62. The maximum atomic E-state index is 12.3. The molecule has 0 aliphatic rings. The molecular formula is C12H8ClF3O2S. The number of thiophene rings is 1. The molecule has 1 atom stereocenters. The van der Waals surface area contributed by atoms with Gasteiger partial charge in [0, 0.05) is 15.8 Å². The van der Waals surface area contributed by atoms with Gasteiger partial charge in [-0.3, -0.25) is 0 Å². The fourth-order valence-electron chi connectivity index (χ4n) is 1.55. The number of halogens is 4. The Kier molecular flexibility index (Phi) is 4.03. The Bertz CT molecular complexity index is 568. The predicted octanol–water partition coefficient (Wildman–Crippen LogP) is 4.38. The van der Waals surface area contributed by atoms with Crippen LogP contribution < -0.4 is 4.74 Å². The lowest BCUT2D eigenvalue weighted by Gasteiger charge is -2.16. The second-order valence-electron chi connectivity index (χ2n) is 3.66. The van der Waals surface area contributed by atoms with Gasteiger partial charge < -0.3 is 9.84 Å². The molecule has 2 nitrogen and oxygen atoms in total. The summed E-state index contributed by atoms with van der Waals surface area (Å²) in [5.74, 6) is -0.424. The van der Waals surface area contributed by atoms with Crippen molar-refractivity contribution < 1.29 is 23.0 Å². The zero-order chi connectivity index (χ0) is 14.0. The maximum Gasteiger partial charge on any atom is 0.573 e. The molecule has 1 aromatic heterocycles.